The zero-order valence-electron chi connectivity index (χ0n) is 9.70. The van der Waals surface area contributed by atoms with Crippen LogP contribution in [0, 0.1) is 5.82 Å². The SMILES string of the molecule is COC(=O)C(Cc1cccc(F)c1)NC(C)=O. The molecular formula is C12H14FNO3. The molecule has 0 radical (unpaired) electrons. The summed E-state index contributed by atoms with van der Waals surface area (Å²) in [6.07, 6.45) is 0.198. The van der Waals surface area contributed by atoms with Crippen LogP contribution in [0.25, 0.3) is 0 Å². The largest absolute Gasteiger partial charge is 0.467 e. The van der Waals surface area contributed by atoms with Crippen molar-refractivity contribution in [1.29, 1.82) is 0 Å². The molecule has 0 saturated heterocycles. The topological polar surface area (TPSA) is 55.4 Å². The van der Waals surface area contributed by atoms with Gasteiger partial charge in [0.25, 0.3) is 0 Å². The number of carbonyl (C=O) groups is 2. The molecule has 1 aromatic carbocycles. The Bertz CT molecular complexity index is 420. The van der Waals surface area contributed by atoms with E-state index in [1.165, 1.54) is 26.2 Å². The number of amides is 1. The number of nitrogens with one attached hydrogen (secondary N) is 1. The van der Waals surface area contributed by atoms with E-state index >= 15 is 0 Å². The van der Waals surface area contributed by atoms with Gasteiger partial charge < -0.3 is 10.1 Å². The molecule has 0 bridgehead atoms. The van der Waals surface area contributed by atoms with Crippen LogP contribution in [0.1, 0.15) is 12.5 Å². The van der Waals surface area contributed by atoms with Crippen LogP contribution in [0.15, 0.2) is 24.3 Å². The molecule has 1 atom stereocenters. The fourth-order valence-electron chi connectivity index (χ4n) is 1.48. The fraction of sp³-hybridized carbons (Fsp3) is 0.333. The Morgan fingerprint density at radius 3 is 2.71 bits per heavy atom. The Morgan fingerprint density at radius 1 is 1.47 bits per heavy atom. The molecule has 5 heteroatoms. The minimum atomic E-state index is -0.792. The second-order valence-corrected chi connectivity index (χ2v) is 3.61. The third kappa shape index (κ3) is 4.22. The number of methoxy groups -OCH3 is 1. The molecule has 0 heterocycles. The Kier molecular flexibility index (Phi) is 4.63. The Labute approximate surface area is 98.8 Å². The summed E-state index contributed by atoms with van der Waals surface area (Å²) < 4.78 is 17.5. The van der Waals surface area contributed by atoms with Crippen LogP contribution in [0.5, 0.6) is 0 Å². The lowest BCUT2D eigenvalue weighted by atomic mass is 10.1. The van der Waals surface area contributed by atoms with Gasteiger partial charge in [0.1, 0.15) is 11.9 Å². The maximum Gasteiger partial charge on any atom is 0.328 e. The summed E-state index contributed by atoms with van der Waals surface area (Å²) in [5.41, 5.74) is 0.620. The van der Waals surface area contributed by atoms with E-state index in [-0.39, 0.29) is 18.1 Å². The number of ether oxygens (including phenoxy) is 1. The smallest absolute Gasteiger partial charge is 0.328 e. The van der Waals surface area contributed by atoms with Gasteiger partial charge in [-0.25, -0.2) is 9.18 Å². The van der Waals surface area contributed by atoms with Gasteiger partial charge in [0.05, 0.1) is 7.11 Å². The Balaban J connectivity index is 2.78. The molecule has 17 heavy (non-hydrogen) atoms. The number of hydrogen-bond donors (Lipinski definition) is 1. The molecule has 92 valence electrons. The first-order valence-electron chi connectivity index (χ1n) is 5.12. The molecule has 1 amide bonds. The molecule has 1 rings (SSSR count). The van der Waals surface area contributed by atoms with Gasteiger partial charge in [0.2, 0.25) is 5.91 Å². The predicted molar refractivity (Wildman–Crippen MR) is 59.7 cm³/mol. The summed E-state index contributed by atoms with van der Waals surface area (Å²) in [4.78, 5) is 22.3. The van der Waals surface area contributed by atoms with Gasteiger partial charge in [-0.3, -0.25) is 4.79 Å². The van der Waals surface area contributed by atoms with E-state index in [1.54, 1.807) is 12.1 Å². The number of esters is 1. The van der Waals surface area contributed by atoms with Crippen LogP contribution >= 0.6 is 0 Å². The fourth-order valence-corrected chi connectivity index (χ4v) is 1.48. The summed E-state index contributed by atoms with van der Waals surface area (Å²) >= 11 is 0. The van der Waals surface area contributed by atoms with Gasteiger partial charge in [-0.1, -0.05) is 12.1 Å². The van der Waals surface area contributed by atoms with Crippen molar-refractivity contribution in [2.24, 2.45) is 0 Å². The lowest BCUT2D eigenvalue weighted by Crippen LogP contribution is -2.41. The lowest BCUT2D eigenvalue weighted by Gasteiger charge is -2.15. The van der Waals surface area contributed by atoms with Gasteiger partial charge in [-0.05, 0) is 17.7 Å². The molecule has 0 fully saturated rings. The first-order chi connectivity index (χ1) is 8.02. The van der Waals surface area contributed by atoms with Crippen molar-refractivity contribution in [3.05, 3.63) is 35.6 Å². The van der Waals surface area contributed by atoms with Crippen LogP contribution in [0.2, 0.25) is 0 Å². The minimum Gasteiger partial charge on any atom is -0.467 e. The molecule has 0 aliphatic heterocycles. The highest BCUT2D eigenvalue weighted by Gasteiger charge is 2.20. The Morgan fingerprint density at radius 2 is 2.18 bits per heavy atom. The van der Waals surface area contributed by atoms with Crippen molar-refractivity contribution < 1.29 is 18.7 Å². The summed E-state index contributed by atoms with van der Waals surface area (Å²) in [5.74, 6) is -1.27. The van der Waals surface area contributed by atoms with E-state index in [2.05, 4.69) is 10.1 Å². The van der Waals surface area contributed by atoms with Crippen LogP contribution in [-0.4, -0.2) is 25.0 Å². The average Bonchev–Trinajstić information content (AvgIpc) is 2.26. The number of rotatable bonds is 4. The summed E-state index contributed by atoms with van der Waals surface area (Å²) in [5, 5.41) is 2.46. The second kappa shape index (κ2) is 5.98. The van der Waals surface area contributed by atoms with Gasteiger partial charge in [0.15, 0.2) is 0 Å². The van der Waals surface area contributed by atoms with Gasteiger partial charge in [-0.2, -0.15) is 0 Å². The van der Waals surface area contributed by atoms with Crippen LogP contribution < -0.4 is 5.32 Å². The normalized spacial score (nSPS) is 11.7. The molecule has 0 saturated carbocycles. The highest BCUT2D eigenvalue weighted by atomic mass is 19.1. The van der Waals surface area contributed by atoms with E-state index in [0.717, 1.165) is 0 Å². The summed E-state index contributed by atoms with van der Waals surface area (Å²) in [6, 6.07) is 5.07. The summed E-state index contributed by atoms with van der Waals surface area (Å²) in [6.45, 7) is 1.31. The number of halogens is 1. The Hall–Kier alpha value is -1.91. The number of benzene rings is 1. The van der Waals surface area contributed by atoms with Gasteiger partial charge >= 0.3 is 5.97 Å². The van der Waals surface area contributed by atoms with E-state index in [4.69, 9.17) is 0 Å². The van der Waals surface area contributed by atoms with Crippen molar-refractivity contribution in [3.8, 4) is 0 Å². The molecule has 1 aromatic rings. The highest BCUT2D eigenvalue weighted by molar-refractivity contribution is 5.83. The quantitative estimate of drug-likeness (QED) is 0.799. The zero-order valence-corrected chi connectivity index (χ0v) is 9.70. The van der Waals surface area contributed by atoms with E-state index in [9.17, 15) is 14.0 Å². The van der Waals surface area contributed by atoms with E-state index in [1.807, 2.05) is 0 Å². The molecule has 0 aliphatic rings. The van der Waals surface area contributed by atoms with Crippen LogP contribution in [0.3, 0.4) is 0 Å². The molecule has 0 aliphatic carbocycles. The highest BCUT2D eigenvalue weighted by Crippen LogP contribution is 2.07. The van der Waals surface area contributed by atoms with Gasteiger partial charge in [-0.15, -0.1) is 0 Å². The third-order valence-electron chi connectivity index (χ3n) is 2.19. The molecule has 4 nitrogen and oxygen atoms in total. The number of hydrogen-bond acceptors (Lipinski definition) is 3. The molecule has 1 unspecified atom stereocenters. The van der Waals surface area contributed by atoms with Gasteiger partial charge in [0, 0.05) is 13.3 Å². The molecular weight excluding hydrogens is 225 g/mol. The average molecular weight is 239 g/mol. The maximum atomic E-state index is 13.0. The van der Waals surface area contributed by atoms with Crippen molar-refractivity contribution >= 4 is 11.9 Å². The second-order valence-electron chi connectivity index (χ2n) is 3.61. The zero-order chi connectivity index (χ0) is 12.8. The van der Waals surface area contributed by atoms with E-state index < -0.39 is 12.0 Å². The molecule has 0 spiro atoms. The summed E-state index contributed by atoms with van der Waals surface area (Å²) in [7, 11) is 1.24. The lowest BCUT2D eigenvalue weighted by molar-refractivity contribution is -0.144. The van der Waals surface area contributed by atoms with Crippen molar-refractivity contribution in [2.45, 2.75) is 19.4 Å². The molecule has 1 N–H and O–H groups in total. The predicted octanol–water partition coefficient (Wildman–Crippen LogP) is 1.05. The van der Waals surface area contributed by atoms with Crippen molar-refractivity contribution in [2.75, 3.05) is 7.11 Å². The van der Waals surface area contributed by atoms with Crippen molar-refractivity contribution in [3.63, 3.8) is 0 Å². The van der Waals surface area contributed by atoms with Crippen LogP contribution in [-0.2, 0) is 20.7 Å². The first kappa shape index (κ1) is 13.2. The minimum absolute atomic E-state index is 0.198. The first-order valence-corrected chi connectivity index (χ1v) is 5.12. The van der Waals surface area contributed by atoms with E-state index in [0.29, 0.717) is 5.56 Å². The monoisotopic (exact) mass is 239 g/mol. The number of carbonyl (C=O) groups excluding carboxylic acids is 2. The molecule has 0 aromatic heterocycles. The standard InChI is InChI=1S/C12H14FNO3/c1-8(15)14-11(12(16)17-2)7-9-4-3-5-10(13)6-9/h3-6,11H,7H2,1-2H3,(H,14,15). The van der Waals surface area contributed by atoms with Crippen LogP contribution in [0.4, 0.5) is 4.39 Å². The third-order valence-corrected chi connectivity index (χ3v) is 2.19. The maximum absolute atomic E-state index is 13.0. The van der Waals surface area contributed by atoms with Crippen molar-refractivity contribution in [1.82, 2.24) is 5.32 Å².